The van der Waals surface area contributed by atoms with E-state index in [2.05, 4.69) is 23.8 Å². The third kappa shape index (κ3) is 3.36. The fourth-order valence-electron chi connectivity index (χ4n) is 1.98. The number of nitrogens with zero attached hydrogens (tertiary/aromatic N) is 1. The molecule has 0 saturated heterocycles. The molecule has 0 amide bonds. The van der Waals surface area contributed by atoms with Crippen LogP contribution in [0.2, 0.25) is 5.02 Å². The number of nitrogens with one attached hydrogen (secondary N) is 1. The summed E-state index contributed by atoms with van der Waals surface area (Å²) < 4.78 is 11.1. The molecule has 4 nitrogen and oxygen atoms in total. The molecular weight excluding hydrogens is 308 g/mol. The van der Waals surface area contributed by atoms with Crippen molar-refractivity contribution in [2.75, 3.05) is 14.2 Å². The predicted octanol–water partition coefficient (Wildman–Crippen LogP) is 4.60. The molecule has 0 radical (unpaired) electrons. The van der Waals surface area contributed by atoms with Gasteiger partial charge in [-0.1, -0.05) is 37.7 Å². The Balaban J connectivity index is 2.62. The van der Waals surface area contributed by atoms with Crippen molar-refractivity contribution in [1.82, 2.24) is 9.97 Å². The molecule has 0 unspecified atom stereocenters. The van der Waals surface area contributed by atoms with Gasteiger partial charge in [-0.05, 0) is 24.1 Å². The summed E-state index contributed by atoms with van der Waals surface area (Å²) in [7, 11) is 3.12. The van der Waals surface area contributed by atoms with Crippen LogP contribution in [0.3, 0.4) is 0 Å². The maximum Gasteiger partial charge on any atom is 0.179 e. The van der Waals surface area contributed by atoms with Gasteiger partial charge in [0.15, 0.2) is 11.5 Å². The van der Waals surface area contributed by atoms with Crippen molar-refractivity contribution >= 4 is 23.8 Å². The van der Waals surface area contributed by atoms with E-state index >= 15 is 0 Å². The molecule has 0 saturated carbocycles. The molecule has 0 aliphatic carbocycles. The van der Waals surface area contributed by atoms with Gasteiger partial charge < -0.3 is 14.5 Å². The van der Waals surface area contributed by atoms with Gasteiger partial charge in [-0.3, -0.25) is 0 Å². The van der Waals surface area contributed by atoms with Crippen molar-refractivity contribution in [2.45, 2.75) is 19.8 Å². The highest BCUT2D eigenvalue weighted by Crippen LogP contribution is 2.38. The van der Waals surface area contributed by atoms with E-state index < -0.39 is 0 Å². The Morgan fingerprint density at radius 3 is 2.48 bits per heavy atom. The second-order valence-corrected chi connectivity index (χ2v) is 5.70. The highest BCUT2D eigenvalue weighted by atomic mass is 35.5. The van der Waals surface area contributed by atoms with Crippen LogP contribution in [-0.4, -0.2) is 24.2 Å². The van der Waals surface area contributed by atoms with Crippen LogP contribution in [0.5, 0.6) is 11.5 Å². The second-order valence-electron chi connectivity index (χ2n) is 4.87. The van der Waals surface area contributed by atoms with Gasteiger partial charge in [0.2, 0.25) is 0 Å². The van der Waals surface area contributed by atoms with Crippen molar-refractivity contribution in [2.24, 2.45) is 0 Å². The first kappa shape index (κ1) is 15.8. The van der Waals surface area contributed by atoms with Crippen LogP contribution < -0.4 is 9.47 Å². The summed E-state index contributed by atoms with van der Waals surface area (Å²) in [5.41, 5.74) is 1.82. The first-order valence-corrected chi connectivity index (χ1v) is 7.28. The number of halogens is 1. The molecule has 2 aromatic rings. The summed E-state index contributed by atoms with van der Waals surface area (Å²) >= 11 is 11.5. The van der Waals surface area contributed by atoms with Crippen LogP contribution in [0.4, 0.5) is 0 Å². The van der Waals surface area contributed by atoms with Crippen LogP contribution in [-0.2, 0) is 0 Å². The summed E-state index contributed by atoms with van der Waals surface area (Å²) in [6, 6.07) is 5.47. The lowest BCUT2D eigenvalue weighted by Gasteiger charge is -2.13. The van der Waals surface area contributed by atoms with E-state index in [1.807, 2.05) is 12.1 Å². The van der Waals surface area contributed by atoms with E-state index in [0.717, 1.165) is 11.3 Å². The first-order valence-electron chi connectivity index (χ1n) is 6.49. The maximum atomic E-state index is 6.23. The largest absolute Gasteiger partial charge is 0.493 e. The third-order valence-corrected chi connectivity index (χ3v) is 3.58. The number of aromatic amines is 1. The van der Waals surface area contributed by atoms with E-state index in [1.165, 1.54) is 0 Å². The number of methoxy groups -OCH3 is 2. The standard InChI is InChI=1S/C15H17ClN2O2S/c1-8(2)11-7-13(21)18-15(17-11)9-5-10(16)14(20-4)12(6-9)19-3/h5-8H,1-4H3,(H,17,18,21). The minimum atomic E-state index is 0.323. The van der Waals surface area contributed by atoms with Gasteiger partial charge in [0.25, 0.3) is 0 Å². The summed E-state index contributed by atoms with van der Waals surface area (Å²) in [6.45, 7) is 4.18. The van der Waals surface area contributed by atoms with Crippen molar-refractivity contribution in [1.29, 1.82) is 0 Å². The molecular formula is C15H17ClN2O2S. The van der Waals surface area contributed by atoms with E-state index in [1.54, 1.807) is 20.3 Å². The van der Waals surface area contributed by atoms with E-state index in [4.69, 9.17) is 33.3 Å². The van der Waals surface area contributed by atoms with Gasteiger partial charge in [0, 0.05) is 11.3 Å². The Morgan fingerprint density at radius 2 is 1.90 bits per heavy atom. The quantitative estimate of drug-likeness (QED) is 0.835. The fourth-order valence-corrected chi connectivity index (χ4v) is 2.48. The van der Waals surface area contributed by atoms with Crippen molar-refractivity contribution < 1.29 is 9.47 Å². The third-order valence-electron chi connectivity index (χ3n) is 3.09. The summed E-state index contributed by atoms with van der Waals surface area (Å²) in [5, 5.41) is 0.461. The van der Waals surface area contributed by atoms with Crippen LogP contribution in [0, 0.1) is 4.64 Å². The Labute approximate surface area is 134 Å². The topological polar surface area (TPSA) is 47.1 Å². The lowest BCUT2D eigenvalue weighted by atomic mass is 10.1. The lowest BCUT2D eigenvalue weighted by Crippen LogP contribution is -1.99. The molecule has 0 bridgehead atoms. The Morgan fingerprint density at radius 1 is 1.19 bits per heavy atom. The number of hydrogen-bond donors (Lipinski definition) is 1. The van der Waals surface area contributed by atoms with Gasteiger partial charge in [0.1, 0.15) is 10.5 Å². The number of benzene rings is 1. The Bertz CT molecular complexity index is 713. The molecule has 1 N–H and O–H groups in total. The summed E-state index contributed by atoms with van der Waals surface area (Å²) in [6.07, 6.45) is 0. The number of hydrogen-bond acceptors (Lipinski definition) is 4. The number of H-pyrrole nitrogens is 1. The molecule has 0 aliphatic heterocycles. The molecule has 0 aliphatic rings. The van der Waals surface area contributed by atoms with Gasteiger partial charge in [-0.25, -0.2) is 4.98 Å². The Hall–Kier alpha value is -1.59. The Kier molecular flexibility index (Phi) is 4.85. The van der Waals surface area contributed by atoms with E-state index in [0.29, 0.717) is 32.9 Å². The smallest absolute Gasteiger partial charge is 0.179 e. The molecule has 1 aromatic heterocycles. The van der Waals surface area contributed by atoms with Crippen LogP contribution in [0.1, 0.15) is 25.5 Å². The molecule has 1 heterocycles. The summed E-state index contributed by atoms with van der Waals surface area (Å²) in [5.74, 6) is 2.04. The zero-order valence-electron chi connectivity index (χ0n) is 12.4. The zero-order chi connectivity index (χ0) is 15.6. The first-order chi connectivity index (χ1) is 9.96. The van der Waals surface area contributed by atoms with Crippen LogP contribution in [0.25, 0.3) is 11.4 Å². The number of rotatable bonds is 4. The minimum absolute atomic E-state index is 0.323. The van der Waals surface area contributed by atoms with Crippen molar-refractivity contribution in [3.63, 3.8) is 0 Å². The predicted molar refractivity (Wildman–Crippen MR) is 87.1 cm³/mol. The van der Waals surface area contributed by atoms with Crippen molar-refractivity contribution in [3.05, 3.63) is 33.6 Å². The van der Waals surface area contributed by atoms with Gasteiger partial charge >= 0.3 is 0 Å². The zero-order valence-corrected chi connectivity index (χ0v) is 13.9. The molecule has 21 heavy (non-hydrogen) atoms. The minimum Gasteiger partial charge on any atom is -0.493 e. The van der Waals surface area contributed by atoms with Gasteiger partial charge in [0.05, 0.1) is 19.2 Å². The van der Waals surface area contributed by atoms with Crippen LogP contribution >= 0.6 is 23.8 Å². The average molecular weight is 325 g/mol. The SMILES string of the molecule is COc1cc(-c2nc(=S)cc(C(C)C)[nH]2)cc(Cl)c1OC. The second kappa shape index (κ2) is 6.45. The van der Waals surface area contributed by atoms with Crippen LogP contribution in [0.15, 0.2) is 18.2 Å². The van der Waals surface area contributed by atoms with E-state index in [-0.39, 0.29) is 0 Å². The molecule has 112 valence electrons. The lowest BCUT2D eigenvalue weighted by molar-refractivity contribution is 0.355. The highest BCUT2D eigenvalue weighted by molar-refractivity contribution is 7.71. The van der Waals surface area contributed by atoms with Gasteiger partial charge in [-0.15, -0.1) is 0 Å². The highest BCUT2D eigenvalue weighted by Gasteiger charge is 2.14. The fraction of sp³-hybridized carbons (Fsp3) is 0.333. The molecule has 0 atom stereocenters. The van der Waals surface area contributed by atoms with Crippen molar-refractivity contribution in [3.8, 4) is 22.9 Å². The van der Waals surface area contributed by atoms with E-state index in [9.17, 15) is 0 Å². The molecule has 0 spiro atoms. The number of aromatic nitrogens is 2. The maximum absolute atomic E-state index is 6.23. The normalized spacial score (nSPS) is 10.8. The molecule has 2 rings (SSSR count). The number of ether oxygens (including phenoxy) is 2. The monoisotopic (exact) mass is 324 g/mol. The molecule has 1 aromatic carbocycles. The molecule has 0 fully saturated rings. The summed E-state index contributed by atoms with van der Waals surface area (Å²) in [4.78, 5) is 7.65. The average Bonchev–Trinajstić information content (AvgIpc) is 2.45. The molecule has 6 heteroatoms. The van der Waals surface area contributed by atoms with Gasteiger partial charge in [-0.2, -0.15) is 0 Å².